The Kier molecular flexibility index (Phi) is 14.5. The molecule has 0 aliphatic rings. The molecule has 0 aliphatic heterocycles. The number of rotatable bonds is 7. The lowest BCUT2D eigenvalue weighted by molar-refractivity contribution is 0.398. The topological polar surface area (TPSA) is 47.9 Å². The van der Waals surface area contributed by atoms with Crippen LogP contribution in [0.1, 0.15) is 72.6 Å². The van der Waals surface area contributed by atoms with Gasteiger partial charge in [0.25, 0.3) is 0 Å². The van der Waals surface area contributed by atoms with Gasteiger partial charge in [-0.3, -0.25) is 0 Å². The predicted octanol–water partition coefficient (Wildman–Crippen LogP) is 11.0. The van der Waals surface area contributed by atoms with Crippen molar-refractivity contribution in [3.05, 3.63) is 106 Å². The summed E-state index contributed by atoms with van der Waals surface area (Å²) in [6.07, 6.45) is 0. The fourth-order valence-corrected chi connectivity index (χ4v) is 5.20. The SMILES string of the molecule is COc1cc(C)cc(-c2cc(C)ccc2OP)c1OPC(C)C.Cc1ccc(C)c(C(C)C)c1.Cc1ccc(C)c(O)c1. The summed E-state index contributed by atoms with van der Waals surface area (Å²) in [4.78, 5) is 0. The van der Waals surface area contributed by atoms with Crippen LogP contribution in [0.2, 0.25) is 0 Å². The number of phenols is 1. The first-order valence-corrected chi connectivity index (χ1v) is 16.1. The van der Waals surface area contributed by atoms with Crippen LogP contribution in [0.5, 0.6) is 23.0 Å². The van der Waals surface area contributed by atoms with Crippen LogP contribution < -0.4 is 13.8 Å². The van der Waals surface area contributed by atoms with Crippen LogP contribution in [-0.2, 0) is 0 Å². The van der Waals surface area contributed by atoms with Gasteiger partial charge in [0.2, 0.25) is 0 Å². The van der Waals surface area contributed by atoms with Crippen molar-refractivity contribution >= 4 is 18.3 Å². The molecular formula is C37H50O4P2. The van der Waals surface area contributed by atoms with Gasteiger partial charge < -0.3 is 18.9 Å². The predicted molar refractivity (Wildman–Crippen MR) is 190 cm³/mol. The van der Waals surface area contributed by atoms with Crippen LogP contribution in [0.3, 0.4) is 0 Å². The molecule has 0 amide bonds. The first kappa shape index (κ1) is 36.1. The number of phenolic OH excluding ortho intramolecular Hbond substituents is 1. The molecule has 0 aliphatic carbocycles. The fraction of sp³-hybridized carbons (Fsp3) is 0.351. The average Bonchev–Trinajstić information content (AvgIpc) is 2.95. The molecule has 0 radical (unpaired) electrons. The summed E-state index contributed by atoms with van der Waals surface area (Å²) in [7, 11) is 4.36. The summed E-state index contributed by atoms with van der Waals surface area (Å²) in [5, 5.41) is 9.10. The Bertz CT molecular complexity index is 1480. The highest BCUT2D eigenvalue weighted by Crippen LogP contribution is 2.46. The van der Waals surface area contributed by atoms with Crippen LogP contribution in [0.25, 0.3) is 11.1 Å². The van der Waals surface area contributed by atoms with Gasteiger partial charge in [0.15, 0.2) is 11.5 Å². The van der Waals surface area contributed by atoms with E-state index in [0.717, 1.165) is 45.1 Å². The molecule has 0 bridgehead atoms. The Labute approximate surface area is 264 Å². The third-order valence-corrected chi connectivity index (χ3v) is 7.84. The van der Waals surface area contributed by atoms with Gasteiger partial charge in [-0.05, 0) is 106 Å². The van der Waals surface area contributed by atoms with Gasteiger partial charge >= 0.3 is 0 Å². The lowest BCUT2D eigenvalue weighted by Gasteiger charge is -2.19. The zero-order valence-electron chi connectivity index (χ0n) is 27.8. The molecule has 4 aromatic carbocycles. The number of ether oxygens (including phenoxy) is 1. The Morgan fingerprint density at radius 1 is 0.651 bits per heavy atom. The van der Waals surface area contributed by atoms with Gasteiger partial charge in [-0.1, -0.05) is 75.2 Å². The number of benzene rings is 4. The molecule has 2 atom stereocenters. The van der Waals surface area contributed by atoms with Crippen LogP contribution in [0, 0.1) is 41.5 Å². The fourth-order valence-electron chi connectivity index (χ4n) is 4.43. The molecule has 232 valence electrons. The zero-order valence-corrected chi connectivity index (χ0v) is 29.9. The maximum Gasteiger partial charge on any atom is 0.172 e. The van der Waals surface area contributed by atoms with Gasteiger partial charge in [-0.25, -0.2) is 0 Å². The summed E-state index contributed by atoms with van der Waals surface area (Å²) in [6.45, 7) is 21.0. The summed E-state index contributed by atoms with van der Waals surface area (Å²) in [6, 6.07) is 22.5. The molecule has 4 aromatic rings. The van der Waals surface area contributed by atoms with Gasteiger partial charge in [-0.15, -0.1) is 0 Å². The lowest BCUT2D eigenvalue weighted by atomic mass is 9.96. The Hall–Kier alpha value is -3.06. The number of aromatic hydroxyl groups is 1. The molecule has 0 spiro atoms. The molecular weight excluding hydrogens is 570 g/mol. The van der Waals surface area contributed by atoms with E-state index in [1.807, 2.05) is 44.2 Å². The molecule has 2 unspecified atom stereocenters. The minimum atomic E-state index is 0.372. The molecule has 0 saturated carbocycles. The van der Waals surface area contributed by atoms with Crippen molar-refractivity contribution in [1.29, 1.82) is 0 Å². The Morgan fingerprint density at radius 2 is 1.21 bits per heavy atom. The first-order chi connectivity index (χ1) is 20.3. The minimum absolute atomic E-state index is 0.372. The standard InChI is InChI=1S/C18H24O3P2.C11H16.C8H10O/c1-11(2)23-21-18-15(9-13(4)10-17(18)19-5)14-8-12(3)6-7-16(14)20-22;1-8(2)11-7-9(3)5-6-10(11)4;1-6-3-4-7(2)8(9)5-6/h6-11,23H,22H2,1-5H3;5-8H,1-4H3;3-5,9H,1-2H3. The van der Waals surface area contributed by atoms with Crippen LogP contribution in [-0.4, -0.2) is 17.9 Å². The summed E-state index contributed by atoms with van der Waals surface area (Å²) >= 11 is 0. The van der Waals surface area contributed by atoms with Crippen molar-refractivity contribution in [3.63, 3.8) is 0 Å². The van der Waals surface area contributed by atoms with E-state index in [1.54, 1.807) is 13.2 Å². The van der Waals surface area contributed by atoms with Crippen molar-refractivity contribution in [2.24, 2.45) is 0 Å². The summed E-state index contributed by atoms with van der Waals surface area (Å²) in [5.41, 5.74) is 11.0. The largest absolute Gasteiger partial charge is 0.508 e. The second kappa shape index (κ2) is 17.3. The van der Waals surface area contributed by atoms with Crippen LogP contribution >= 0.6 is 18.3 Å². The second-order valence-electron chi connectivity index (χ2n) is 11.6. The molecule has 0 heterocycles. The highest BCUT2D eigenvalue weighted by Gasteiger charge is 2.18. The number of methoxy groups -OCH3 is 1. The summed E-state index contributed by atoms with van der Waals surface area (Å²) < 4.78 is 17.1. The quantitative estimate of drug-likeness (QED) is 0.209. The van der Waals surface area contributed by atoms with Crippen molar-refractivity contribution in [2.75, 3.05) is 7.11 Å². The molecule has 4 nitrogen and oxygen atoms in total. The van der Waals surface area contributed by atoms with Crippen LogP contribution in [0.15, 0.2) is 66.7 Å². The van der Waals surface area contributed by atoms with E-state index in [4.69, 9.17) is 18.9 Å². The highest BCUT2D eigenvalue weighted by molar-refractivity contribution is 7.33. The Morgan fingerprint density at radius 3 is 1.72 bits per heavy atom. The van der Waals surface area contributed by atoms with Crippen LogP contribution in [0.4, 0.5) is 0 Å². The van der Waals surface area contributed by atoms with Crippen molar-refractivity contribution in [2.45, 2.75) is 80.8 Å². The van der Waals surface area contributed by atoms with E-state index in [2.05, 4.69) is 95.2 Å². The molecule has 43 heavy (non-hydrogen) atoms. The smallest absolute Gasteiger partial charge is 0.172 e. The number of aryl methyl sites for hydroxylation is 6. The van der Waals surface area contributed by atoms with Crippen molar-refractivity contribution < 1.29 is 18.9 Å². The molecule has 0 fully saturated rings. The van der Waals surface area contributed by atoms with Gasteiger partial charge in [0.05, 0.1) is 25.4 Å². The lowest BCUT2D eigenvalue weighted by Crippen LogP contribution is -1.96. The van der Waals surface area contributed by atoms with E-state index in [-0.39, 0.29) is 0 Å². The Balaban J connectivity index is 0.000000265. The van der Waals surface area contributed by atoms with E-state index in [9.17, 15) is 0 Å². The van der Waals surface area contributed by atoms with E-state index < -0.39 is 0 Å². The van der Waals surface area contributed by atoms with Gasteiger partial charge in [0, 0.05) is 16.8 Å². The second-order valence-corrected chi connectivity index (χ2v) is 13.5. The number of hydrogen-bond donors (Lipinski definition) is 1. The van der Waals surface area contributed by atoms with E-state index in [1.165, 1.54) is 22.3 Å². The number of hydrogen-bond acceptors (Lipinski definition) is 4. The normalized spacial score (nSPS) is 10.7. The van der Waals surface area contributed by atoms with E-state index >= 15 is 0 Å². The van der Waals surface area contributed by atoms with Gasteiger partial charge in [-0.2, -0.15) is 0 Å². The van der Waals surface area contributed by atoms with Gasteiger partial charge in [0.1, 0.15) is 11.5 Å². The van der Waals surface area contributed by atoms with E-state index in [0.29, 0.717) is 26.1 Å². The first-order valence-electron chi connectivity index (χ1n) is 14.7. The molecule has 4 rings (SSSR count). The van der Waals surface area contributed by atoms with Crippen molar-refractivity contribution in [1.82, 2.24) is 0 Å². The summed E-state index contributed by atoms with van der Waals surface area (Å²) in [5.74, 6) is 3.36. The third-order valence-electron chi connectivity index (χ3n) is 6.79. The maximum atomic E-state index is 9.10. The molecule has 1 N–H and O–H groups in total. The maximum absolute atomic E-state index is 9.10. The minimum Gasteiger partial charge on any atom is -0.508 e. The third kappa shape index (κ3) is 11.2. The monoisotopic (exact) mass is 620 g/mol. The van der Waals surface area contributed by atoms with Crippen molar-refractivity contribution in [3.8, 4) is 34.1 Å². The zero-order chi connectivity index (χ0) is 32.3. The average molecular weight is 621 g/mol. The highest BCUT2D eigenvalue weighted by atomic mass is 31.1. The molecule has 0 saturated heterocycles. The molecule has 6 heteroatoms. The molecule has 0 aromatic heterocycles.